The molecule has 8 aliphatic rings. The Morgan fingerprint density at radius 2 is 0.591 bits per heavy atom. The lowest BCUT2D eigenvalue weighted by atomic mass is 9.94. The van der Waals surface area contributed by atoms with E-state index in [1.54, 1.807) is 0 Å². The largest absolute Gasteiger partial charge is 0.394 e. The molecule has 8 aliphatic heterocycles. The Labute approximate surface area is 527 Å². The van der Waals surface area contributed by atoms with Crippen LogP contribution in [0.15, 0.2) is 0 Å². The van der Waals surface area contributed by atoms with E-state index in [1.807, 2.05) is 0 Å². The van der Waals surface area contributed by atoms with E-state index in [-0.39, 0.29) is 0 Å². The zero-order valence-corrected chi connectivity index (χ0v) is 50.1. The van der Waals surface area contributed by atoms with Crippen molar-refractivity contribution in [3.63, 3.8) is 0 Å². The van der Waals surface area contributed by atoms with Crippen molar-refractivity contribution in [2.24, 2.45) is 0 Å². The lowest BCUT2D eigenvalue weighted by Gasteiger charge is -2.51. The van der Waals surface area contributed by atoms with Gasteiger partial charge in [-0.3, -0.25) is 9.59 Å². The Kier molecular flexibility index (Phi) is 26.7. The molecule has 0 aromatic heterocycles. The maximum absolute atomic E-state index is 12.9. The van der Waals surface area contributed by atoms with Crippen LogP contribution in [0.1, 0.15) is 27.7 Å². The second-order valence-corrected chi connectivity index (χ2v) is 23.8. The highest BCUT2D eigenvalue weighted by atomic mass is 16.8. The van der Waals surface area contributed by atoms with Crippen molar-refractivity contribution in [1.82, 2.24) is 10.6 Å². The second-order valence-electron chi connectivity index (χ2n) is 23.8. The second kappa shape index (κ2) is 32.6. The Hall–Kier alpha value is -2.54. The fourth-order valence-corrected chi connectivity index (χ4v) is 12.1. The molecule has 2 amide bonds. The quantitative estimate of drug-likeness (QED) is 0.0479. The van der Waals surface area contributed by atoms with E-state index in [0.29, 0.717) is 0 Å². The molecule has 0 aromatic carbocycles. The minimum Gasteiger partial charge on any atom is -0.394 e. The molecular formula is C52H88N2O39. The molecule has 8 heterocycles. The molecule has 0 saturated carbocycles. The van der Waals surface area contributed by atoms with Crippen molar-refractivity contribution >= 4 is 11.8 Å². The van der Waals surface area contributed by atoms with Gasteiger partial charge in [0.15, 0.2) is 50.3 Å². The summed E-state index contributed by atoms with van der Waals surface area (Å²) in [6, 6.07) is -3.65. The molecule has 41 heteroatoms. The highest BCUT2D eigenvalue weighted by Crippen LogP contribution is 2.39. The number of hydrogen-bond donors (Lipinski definition) is 24. The fourth-order valence-electron chi connectivity index (χ4n) is 12.1. The lowest BCUT2D eigenvalue weighted by Crippen LogP contribution is -2.70. The topological polar surface area (TPSA) is 642 Å². The van der Waals surface area contributed by atoms with Crippen LogP contribution in [0.25, 0.3) is 0 Å². The average Bonchev–Trinajstić information content (AvgIpc) is 0.799. The number of carbonyl (C=O) groups excluding carboxylic acids is 2. The summed E-state index contributed by atoms with van der Waals surface area (Å²) in [5.74, 6) is -1.77. The Morgan fingerprint density at radius 1 is 0.280 bits per heavy atom. The van der Waals surface area contributed by atoms with Crippen LogP contribution < -0.4 is 10.6 Å². The van der Waals surface area contributed by atoms with E-state index in [1.165, 1.54) is 13.8 Å². The number of aliphatic hydroxyl groups is 22. The first kappa shape index (κ1) is 76.2. The van der Waals surface area contributed by atoms with Crippen LogP contribution in [0.5, 0.6) is 0 Å². The van der Waals surface area contributed by atoms with Gasteiger partial charge in [-0.25, -0.2) is 0 Å². The molecule has 0 spiro atoms. The minimum atomic E-state index is -2.28. The number of amides is 2. The van der Waals surface area contributed by atoms with E-state index in [2.05, 4.69) is 10.6 Å². The fraction of sp³-hybridized carbons (Fsp3) is 0.962. The van der Waals surface area contributed by atoms with Gasteiger partial charge in [0.1, 0.15) is 183 Å². The third-order valence-electron chi connectivity index (χ3n) is 17.4. The molecule has 8 saturated heterocycles. The lowest BCUT2D eigenvalue weighted by molar-refractivity contribution is -0.397. The van der Waals surface area contributed by atoms with E-state index in [0.717, 1.165) is 13.8 Å². The summed E-state index contributed by atoms with van der Waals surface area (Å²) in [6.07, 6.45) is -73.1. The van der Waals surface area contributed by atoms with Crippen LogP contribution in [-0.4, -0.2) is 409 Å². The summed E-state index contributed by atoms with van der Waals surface area (Å²) in [5.41, 5.74) is 0. The van der Waals surface area contributed by atoms with Crippen LogP contribution in [-0.2, 0) is 80.6 Å². The van der Waals surface area contributed by atoms with Crippen molar-refractivity contribution in [3.8, 4) is 0 Å². The van der Waals surface area contributed by atoms with Gasteiger partial charge >= 0.3 is 0 Å². The number of carbonyl (C=O) groups is 2. The molecule has 0 aliphatic carbocycles. The van der Waals surface area contributed by atoms with Gasteiger partial charge < -0.3 is 194 Å². The predicted molar refractivity (Wildman–Crippen MR) is 285 cm³/mol. The Bertz CT molecular complexity index is 2350. The Morgan fingerprint density at radius 3 is 1.09 bits per heavy atom. The monoisotopic (exact) mass is 1360 g/mol. The van der Waals surface area contributed by atoms with Gasteiger partial charge in [-0.1, -0.05) is 0 Å². The standard InChI is InChI=1S/C52H88N2O39/c1-11-23(63)41(90-47-22(54-14(4)62)40(27(67)17(7-57)82-47)89-49-36(76)42(24(64)12(2)79-49)92-48-34(74)30(70)25(65)15(5-55)83-48)35(75)50(80-11)93-44-31(71)26(66)16(6-56)85-52(44)88-38-20(10-60)86-46(21(29(38)69)53-13(3)61)91-43-28(68)18(8-58)84-51(37(43)77)87-39-19(9-59)81-45(78)33(73)32(39)72/h11-12,15-52,55-60,63-78H,5-10H2,1-4H3,(H,53,61)(H,54,62)/t11-,12-,15+,16+,17+,18+,19+,20+,21+,22+,23+,24+,25-,26-,27-,28-,29+,30-,31-,32+,33+,34+,35-,36-,37+,38-,39+,40+,41+,42+,43-,44+,45+,46-,47+,48-,49?,50?,51-,52-/m0/s1. The zero-order valence-electron chi connectivity index (χ0n) is 50.1. The Balaban J connectivity index is 1.01. The summed E-state index contributed by atoms with van der Waals surface area (Å²) in [7, 11) is 0. The first-order valence-electron chi connectivity index (χ1n) is 29.9. The molecule has 540 valence electrons. The molecule has 40 atom stereocenters. The minimum absolute atomic E-state index is 0.870. The van der Waals surface area contributed by atoms with Crippen molar-refractivity contribution in [2.75, 3.05) is 39.6 Å². The maximum Gasteiger partial charge on any atom is 0.217 e. The van der Waals surface area contributed by atoms with E-state index < -0.39 is 297 Å². The van der Waals surface area contributed by atoms with E-state index in [4.69, 9.17) is 71.1 Å². The zero-order chi connectivity index (χ0) is 68.5. The molecule has 2 unspecified atom stereocenters. The average molecular weight is 1370 g/mol. The number of ether oxygens (including phenoxy) is 15. The summed E-state index contributed by atoms with van der Waals surface area (Å²) < 4.78 is 87.0. The number of nitrogens with one attached hydrogen (secondary N) is 2. The molecule has 8 fully saturated rings. The SMILES string of the molecule is CC(=O)N[C@H]1[C@H](O[C@H]2[C@@H](O)[C@@H](CO)O[C@@H](O[C@H]3[C@H](O)[C@@H](O)[C@H](O)O[C@@H]3CO)[C@@H]2O)O[C@H](CO)[C@H](O[C@@H]2O[C@H](CO)[C@H](O)[C@H](O)[C@H]2OC2O[C@@H](C)[C@@H](O)[C@@H](O[C@H]3O[C@H](CO)[C@H](O)[C@H](OC4O[C@@H](C)[C@@H](O)[C@@H](O[C@@H]5O[C@H](CO)[C@H](O)[C@H](O)[C@H]5O)[C@@H]4O)[C@H]3NC(C)=O)[C@@H]2O)[C@@H]1O. The predicted octanol–water partition coefficient (Wildman–Crippen LogP) is -16.1. The number of hydrogen-bond acceptors (Lipinski definition) is 39. The van der Waals surface area contributed by atoms with Crippen LogP contribution in [0.4, 0.5) is 0 Å². The van der Waals surface area contributed by atoms with Crippen molar-refractivity contribution in [3.05, 3.63) is 0 Å². The molecule has 24 N–H and O–H groups in total. The summed E-state index contributed by atoms with van der Waals surface area (Å²) in [6.45, 7) is -1.50. The number of aliphatic hydroxyl groups excluding tert-OH is 22. The first-order valence-corrected chi connectivity index (χ1v) is 29.9. The molecule has 0 radical (unpaired) electrons. The van der Waals surface area contributed by atoms with Crippen molar-refractivity contribution in [1.29, 1.82) is 0 Å². The van der Waals surface area contributed by atoms with Gasteiger partial charge in [0.05, 0.1) is 51.8 Å². The molecule has 8 rings (SSSR count). The maximum atomic E-state index is 12.9. The normalized spacial score (nSPS) is 51.6. The van der Waals surface area contributed by atoms with Gasteiger partial charge in [-0.2, -0.15) is 0 Å². The first-order chi connectivity index (χ1) is 43.9. The molecular weight excluding hydrogens is 1280 g/mol. The molecule has 41 nitrogen and oxygen atoms in total. The van der Waals surface area contributed by atoms with Gasteiger partial charge in [-0.15, -0.1) is 0 Å². The van der Waals surface area contributed by atoms with Gasteiger partial charge in [0.2, 0.25) is 11.8 Å². The number of rotatable bonds is 22. The highest BCUT2D eigenvalue weighted by molar-refractivity contribution is 5.73. The summed E-state index contributed by atoms with van der Waals surface area (Å²) >= 11 is 0. The van der Waals surface area contributed by atoms with Crippen LogP contribution in [0.3, 0.4) is 0 Å². The van der Waals surface area contributed by atoms with Gasteiger partial charge in [0.25, 0.3) is 0 Å². The van der Waals surface area contributed by atoms with Crippen molar-refractivity contribution in [2.45, 2.75) is 273 Å². The third-order valence-corrected chi connectivity index (χ3v) is 17.4. The van der Waals surface area contributed by atoms with E-state index in [9.17, 15) is 122 Å². The van der Waals surface area contributed by atoms with Crippen LogP contribution in [0.2, 0.25) is 0 Å². The van der Waals surface area contributed by atoms with Gasteiger partial charge in [-0.05, 0) is 13.8 Å². The molecule has 0 aromatic rings. The highest BCUT2D eigenvalue weighted by Gasteiger charge is 2.60. The molecule has 0 bridgehead atoms. The van der Waals surface area contributed by atoms with Crippen LogP contribution >= 0.6 is 0 Å². The van der Waals surface area contributed by atoms with E-state index >= 15 is 0 Å². The van der Waals surface area contributed by atoms with Gasteiger partial charge in [0, 0.05) is 13.8 Å². The summed E-state index contributed by atoms with van der Waals surface area (Å²) in [5, 5.41) is 244. The molecule has 93 heavy (non-hydrogen) atoms. The third kappa shape index (κ3) is 16.2. The smallest absolute Gasteiger partial charge is 0.217 e. The summed E-state index contributed by atoms with van der Waals surface area (Å²) in [4.78, 5) is 25.7. The van der Waals surface area contributed by atoms with Crippen molar-refractivity contribution < 1.29 is 193 Å². The van der Waals surface area contributed by atoms with Crippen LogP contribution in [0, 0.1) is 0 Å².